The summed E-state index contributed by atoms with van der Waals surface area (Å²) in [6, 6.07) is 0.916. The average molecular weight is 198 g/mol. The summed E-state index contributed by atoms with van der Waals surface area (Å²) < 4.78 is 51.4. The molecular weight excluding hydrogens is 183 g/mol. The number of hydrogen-bond acceptors (Lipinski definition) is 2. The van der Waals surface area contributed by atoms with E-state index in [2.05, 4.69) is 9.97 Å². The Hall–Kier alpha value is -0.340. The van der Waals surface area contributed by atoms with Crippen molar-refractivity contribution < 1.29 is 9.60 Å². The third kappa shape index (κ3) is 2.31. The second-order valence-electron chi connectivity index (χ2n) is 1.72. The number of halogens is 2. The number of rotatable bonds is 1. The van der Waals surface area contributed by atoms with E-state index in [1.807, 2.05) is 0 Å². The third-order valence-corrected chi connectivity index (χ3v) is 1.29. The summed E-state index contributed by atoms with van der Waals surface area (Å²) in [7, 11) is 0. The van der Waals surface area contributed by atoms with Crippen LogP contribution in [0.4, 0.5) is 0 Å². The summed E-state index contributed by atoms with van der Waals surface area (Å²) in [6.07, 6.45) is 0. The van der Waals surface area contributed by atoms with E-state index in [4.69, 9.17) is 32.8 Å². The van der Waals surface area contributed by atoms with Crippen molar-refractivity contribution in [2.45, 2.75) is 19.6 Å². The van der Waals surface area contributed by atoms with Crippen LogP contribution in [0.1, 0.15) is 34.9 Å². The van der Waals surface area contributed by atoms with Gasteiger partial charge in [0, 0.05) is 15.3 Å². The highest BCUT2D eigenvalue weighted by Gasteiger charge is 2.04. The van der Waals surface area contributed by atoms with E-state index >= 15 is 0 Å². The van der Waals surface area contributed by atoms with E-state index in [0.717, 1.165) is 6.07 Å². The molecule has 60 valence electrons. The van der Waals surface area contributed by atoms with Gasteiger partial charge in [-0.25, -0.2) is 9.97 Å². The fourth-order valence-electron chi connectivity index (χ4n) is 0.518. The van der Waals surface area contributed by atoms with Crippen LogP contribution >= 0.6 is 23.2 Å². The molecule has 0 aliphatic heterocycles. The smallest absolute Gasteiger partial charge is 0.223 e. The molecule has 0 spiro atoms. The van der Waals surface area contributed by atoms with Crippen LogP contribution in [-0.2, 0) is 0 Å². The van der Waals surface area contributed by atoms with Gasteiger partial charge in [0.05, 0.1) is 0 Å². The average Bonchev–Trinajstić information content (AvgIpc) is 2.11. The monoisotopic (exact) mass is 197 g/mol. The van der Waals surface area contributed by atoms with Crippen molar-refractivity contribution in [2.75, 3.05) is 0 Å². The Morgan fingerprint density at radius 3 is 2.82 bits per heavy atom. The largest absolute Gasteiger partial charge is 0.224 e. The van der Waals surface area contributed by atoms with E-state index in [1.165, 1.54) is 0 Å². The molecule has 0 N–H and O–H groups in total. The number of aromatic nitrogens is 2. The number of nitrogens with zero attached hydrogens (tertiary/aromatic N) is 2. The highest BCUT2D eigenvalue weighted by Crippen LogP contribution is 2.17. The topological polar surface area (TPSA) is 25.8 Å². The van der Waals surface area contributed by atoms with Crippen molar-refractivity contribution in [1.82, 2.24) is 9.97 Å². The van der Waals surface area contributed by atoms with E-state index < -0.39 is 30.6 Å². The van der Waals surface area contributed by atoms with Gasteiger partial charge in [0.1, 0.15) is 5.15 Å². The molecule has 0 unspecified atom stereocenters. The van der Waals surface area contributed by atoms with E-state index in [-0.39, 0.29) is 5.15 Å². The molecule has 2 nitrogen and oxygen atoms in total. The Kier molecular flexibility index (Phi) is 0.977. The lowest BCUT2D eigenvalue weighted by molar-refractivity contribution is 0.814. The molecule has 1 heterocycles. The molecular formula is C7H8Cl2N2. The minimum absolute atomic E-state index is 0.227. The first-order valence-electron chi connectivity index (χ1n) is 6.10. The third-order valence-electron chi connectivity index (χ3n) is 0.924. The quantitative estimate of drug-likeness (QED) is 0.512. The molecule has 0 aliphatic rings. The molecule has 1 rings (SSSR count). The Bertz CT molecular complexity index is 422. The van der Waals surface area contributed by atoms with Gasteiger partial charge in [-0.3, -0.25) is 0 Å². The van der Waals surface area contributed by atoms with Gasteiger partial charge in [-0.05, 0) is 23.6 Å². The van der Waals surface area contributed by atoms with Gasteiger partial charge in [-0.15, -0.1) is 0 Å². The highest BCUT2D eigenvalue weighted by atomic mass is 35.5. The normalized spacial score (nSPS) is 23.3. The second-order valence-corrected chi connectivity index (χ2v) is 2.45. The SMILES string of the molecule is [2H]C([2H])([2H])C([2H])(c1cc(Cl)nc(Cl)n1)C([2H])([2H])[2H]. The van der Waals surface area contributed by atoms with Crippen LogP contribution in [0.3, 0.4) is 0 Å². The predicted molar refractivity (Wildman–Crippen MR) is 46.1 cm³/mol. The maximum Gasteiger partial charge on any atom is 0.224 e. The summed E-state index contributed by atoms with van der Waals surface area (Å²) in [6.45, 7) is -6.25. The Morgan fingerprint density at radius 1 is 1.55 bits per heavy atom. The van der Waals surface area contributed by atoms with Crippen LogP contribution in [0.5, 0.6) is 0 Å². The molecule has 0 fully saturated rings. The fraction of sp³-hybridized carbons (Fsp3) is 0.429. The predicted octanol–water partition coefficient (Wildman–Crippen LogP) is 2.91. The summed E-state index contributed by atoms with van der Waals surface area (Å²) >= 11 is 11.1. The van der Waals surface area contributed by atoms with Gasteiger partial charge in [0.25, 0.3) is 0 Å². The zero-order valence-electron chi connectivity index (χ0n) is 12.2. The molecule has 4 heteroatoms. The first kappa shape index (κ1) is 3.19. The van der Waals surface area contributed by atoms with Gasteiger partial charge in [-0.1, -0.05) is 25.3 Å². The van der Waals surface area contributed by atoms with Crippen LogP contribution in [0.2, 0.25) is 10.4 Å². The van der Waals surface area contributed by atoms with Crippen molar-refractivity contribution in [2.24, 2.45) is 0 Å². The lowest BCUT2D eigenvalue weighted by Crippen LogP contribution is -1.94. The minimum Gasteiger partial charge on any atom is -0.223 e. The van der Waals surface area contributed by atoms with Crippen molar-refractivity contribution in [1.29, 1.82) is 0 Å². The van der Waals surface area contributed by atoms with Gasteiger partial charge >= 0.3 is 0 Å². The summed E-state index contributed by atoms with van der Waals surface area (Å²) in [5.41, 5.74) is -0.562. The Morgan fingerprint density at radius 2 is 2.27 bits per heavy atom. The maximum atomic E-state index is 7.83. The summed E-state index contributed by atoms with van der Waals surface area (Å²) in [5, 5.41) is -0.641. The summed E-state index contributed by atoms with van der Waals surface area (Å²) in [4.78, 5) is 6.98. The zero-order chi connectivity index (χ0) is 14.4. The van der Waals surface area contributed by atoms with Gasteiger partial charge < -0.3 is 0 Å². The second kappa shape index (κ2) is 3.37. The van der Waals surface area contributed by atoms with Crippen LogP contribution in [-0.4, -0.2) is 9.97 Å². The van der Waals surface area contributed by atoms with Crippen molar-refractivity contribution in [3.8, 4) is 0 Å². The molecule has 0 amide bonds. The molecule has 0 bridgehead atoms. The van der Waals surface area contributed by atoms with E-state index in [1.54, 1.807) is 0 Å². The van der Waals surface area contributed by atoms with Crippen molar-refractivity contribution >= 4 is 23.2 Å². The highest BCUT2D eigenvalue weighted by molar-refractivity contribution is 6.31. The Labute approximate surface area is 85.4 Å². The maximum absolute atomic E-state index is 7.83. The molecule has 0 saturated carbocycles. The molecule has 0 saturated heterocycles. The molecule has 0 aliphatic carbocycles. The minimum atomic E-state index is -3.13. The van der Waals surface area contributed by atoms with Crippen LogP contribution in [0, 0.1) is 0 Å². The fourth-order valence-corrected chi connectivity index (χ4v) is 0.927. The molecule has 0 atom stereocenters. The lowest BCUT2D eigenvalue weighted by Gasteiger charge is -2.03. The Balaban J connectivity index is 3.55. The van der Waals surface area contributed by atoms with Crippen LogP contribution in [0.25, 0.3) is 0 Å². The van der Waals surface area contributed by atoms with E-state index in [0.29, 0.717) is 0 Å². The first-order chi connectivity index (χ1) is 7.89. The first-order valence-corrected chi connectivity index (χ1v) is 3.36. The van der Waals surface area contributed by atoms with Crippen LogP contribution in [0.15, 0.2) is 6.07 Å². The molecule has 0 aromatic carbocycles. The van der Waals surface area contributed by atoms with Gasteiger partial charge in [0.2, 0.25) is 5.28 Å². The summed E-state index contributed by atoms with van der Waals surface area (Å²) in [5.74, 6) is -2.92. The lowest BCUT2D eigenvalue weighted by atomic mass is 10.1. The number of hydrogen-bond donors (Lipinski definition) is 0. The molecule has 1 aromatic heterocycles. The molecule has 1 aromatic rings. The van der Waals surface area contributed by atoms with Crippen molar-refractivity contribution in [3.05, 3.63) is 22.2 Å². The molecule has 0 radical (unpaired) electrons. The zero-order valence-corrected chi connectivity index (χ0v) is 6.74. The van der Waals surface area contributed by atoms with Gasteiger partial charge in [-0.2, -0.15) is 0 Å². The van der Waals surface area contributed by atoms with Crippen molar-refractivity contribution in [3.63, 3.8) is 0 Å². The standard InChI is InChI=1S/C7H8Cl2N2/c1-4(2)5-3-6(8)11-7(9)10-5/h3-4H,1-2H3/i1D3,2D3,4D. The van der Waals surface area contributed by atoms with Crippen LogP contribution < -0.4 is 0 Å². The van der Waals surface area contributed by atoms with Gasteiger partial charge in [0.15, 0.2) is 0 Å². The molecule has 11 heavy (non-hydrogen) atoms. The van der Waals surface area contributed by atoms with E-state index in [9.17, 15) is 0 Å².